The maximum Gasteiger partial charge on any atom is 0.293 e. The SMILES string of the molecule is O=C1S/C(=C\c2cccnc2)C(=O)N1Cc1ccccc1Br. The molecule has 3 rings (SSSR count). The summed E-state index contributed by atoms with van der Waals surface area (Å²) in [7, 11) is 0. The molecule has 6 heteroatoms. The van der Waals surface area contributed by atoms with Gasteiger partial charge in [-0.25, -0.2) is 0 Å². The van der Waals surface area contributed by atoms with Gasteiger partial charge < -0.3 is 0 Å². The molecular weight excluding hydrogens is 364 g/mol. The molecule has 22 heavy (non-hydrogen) atoms. The largest absolute Gasteiger partial charge is 0.293 e. The number of amides is 2. The fourth-order valence-corrected chi connectivity index (χ4v) is 3.29. The molecular formula is C16H11BrN2O2S. The molecule has 0 radical (unpaired) electrons. The van der Waals surface area contributed by atoms with E-state index in [2.05, 4.69) is 20.9 Å². The third-order valence-electron chi connectivity index (χ3n) is 3.14. The van der Waals surface area contributed by atoms with Crippen LogP contribution in [0.5, 0.6) is 0 Å². The molecule has 2 heterocycles. The predicted molar refractivity (Wildman–Crippen MR) is 89.9 cm³/mol. The number of hydrogen-bond acceptors (Lipinski definition) is 4. The minimum atomic E-state index is -0.269. The number of aromatic nitrogens is 1. The van der Waals surface area contributed by atoms with Crippen LogP contribution in [0.3, 0.4) is 0 Å². The van der Waals surface area contributed by atoms with Crippen LogP contribution in [0.15, 0.2) is 58.2 Å². The van der Waals surface area contributed by atoms with Crippen molar-refractivity contribution < 1.29 is 9.59 Å². The van der Waals surface area contributed by atoms with E-state index in [1.165, 1.54) is 4.90 Å². The summed E-state index contributed by atoms with van der Waals surface area (Å²) in [5, 5.41) is -0.254. The van der Waals surface area contributed by atoms with Crippen molar-refractivity contribution in [3.63, 3.8) is 0 Å². The van der Waals surface area contributed by atoms with Crippen LogP contribution in [0.2, 0.25) is 0 Å². The lowest BCUT2D eigenvalue weighted by Crippen LogP contribution is -2.27. The second-order valence-corrected chi connectivity index (χ2v) is 6.49. The molecule has 0 spiro atoms. The monoisotopic (exact) mass is 374 g/mol. The van der Waals surface area contributed by atoms with E-state index in [-0.39, 0.29) is 17.7 Å². The van der Waals surface area contributed by atoms with E-state index in [4.69, 9.17) is 0 Å². The van der Waals surface area contributed by atoms with E-state index in [1.807, 2.05) is 30.3 Å². The van der Waals surface area contributed by atoms with Gasteiger partial charge in [0.1, 0.15) is 0 Å². The first kappa shape index (κ1) is 15.0. The molecule has 0 unspecified atom stereocenters. The van der Waals surface area contributed by atoms with E-state index < -0.39 is 0 Å². The summed E-state index contributed by atoms with van der Waals surface area (Å²) >= 11 is 4.39. The standard InChI is InChI=1S/C16H11BrN2O2S/c17-13-6-2-1-5-12(13)10-19-15(20)14(22-16(19)21)8-11-4-3-7-18-9-11/h1-9H,10H2/b14-8-. The molecule has 0 N–H and O–H groups in total. The predicted octanol–water partition coefficient (Wildman–Crippen LogP) is 4.08. The van der Waals surface area contributed by atoms with Crippen molar-refractivity contribution in [3.8, 4) is 0 Å². The van der Waals surface area contributed by atoms with Crippen molar-refractivity contribution in [2.75, 3.05) is 0 Å². The summed E-state index contributed by atoms with van der Waals surface area (Å²) < 4.78 is 0.880. The van der Waals surface area contributed by atoms with Gasteiger partial charge in [0.2, 0.25) is 0 Å². The van der Waals surface area contributed by atoms with E-state index in [0.29, 0.717) is 4.91 Å². The van der Waals surface area contributed by atoms with Gasteiger partial charge in [-0.3, -0.25) is 19.5 Å². The van der Waals surface area contributed by atoms with Crippen molar-refractivity contribution in [1.82, 2.24) is 9.88 Å². The van der Waals surface area contributed by atoms with Gasteiger partial charge in [0, 0.05) is 16.9 Å². The van der Waals surface area contributed by atoms with Crippen LogP contribution in [0.4, 0.5) is 4.79 Å². The maximum atomic E-state index is 12.4. The number of pyridine rings is 1. The van der Waals surface area contributed by atoms with Gasteiger partial charge >= 0.3 is 0 Å². The summed E-state index contributed by atoms with van der Waals surface area (Å²) in [4.78, 5) is 30.2. The van der Waals surface area contributed by atoms with Crippen LogP contribution >= 0.6 is 27.7 Å². The van der Waals surface area contributed by atoms with Crippen LogP contribution in [0, 0.1) is 0 Å². The number of imide groups is 1. The zero-order valence-corrected chi connectivity index (χ0v) is 13.8. The molecule has 1 saturated heterocycles. The summed E-state index contributed by atoms with van der Waals surface area (Å²) in [6, 6.07) is 11.2. The summed E-state index contributed by atoms with van der Waals surface area (Å²) in [5.41, 5.74) is 1.70. The molecule has 2 aromatic rings. The number of halogens is 1. The number of carbonyl (C=O) groups is 2. The molecule has 2 amide bonds. The average Bonchev–Trinajstić information content (AvgIpc) is 2.78. The first-order valence-electron chi connectivity index (χ1n) is 6.54. The number of carbonyl (C=O) groups excluding carboxylic acids is 2. The van der Waals surface area contributed by atoms with E-state index in [9.17, 15) is 9.59 Å². The second-order valence-electron chi connectivity index (χ2n) is 4.65. The number of hydrogen-bond donors (Lipinski definition) is 0. The third kappa shape index (κ3) is 3.13. The van der Waals surface area contributed by atoms with Crippen LogP contribution in [0.1, 0.15) is 11.1 Å². The van der Waals surface area contributed by atoms with Crippen molar-refractivity contribution in [2.24, 2.45) is 0 Å². The van der Waals surface area contributed by atoms with Gasteiger partial charge in [0.15, 0.2) is 0 Å². The van der Waals surface area contributed by atoms with Gasteiger partial charge in [-0.2, -0.15) is 0 Å². The van der Waals surface area contributed by atoms with Crippen molar-refractivity contribution in [2.45, 2.75) is 6.54 Å². The molecule has 110 valence electrons. The Morgan fingerprint density at radius 1 is 1.18 bits per heavy atom. The van der Waals surface area contributed by atoms with E-state index in [0.717, 1.165) is 27.4 Å². The van der Waals surface area contributed by atoms with Gasteiger partial charge in [0.25, 0.3) is 11.1 Å². The van der Waals surface area contributed by atoms with Crippen molar-refractivity contribution in [3.05, 3.63) is 69.3 Å². The number of benzene rings is 1. The molecule has 1 fully saturated rings. The first-order chi connectivity index (χ1) is 10.6. The lowest BCUT2D eigenvalue weighted by Gasteiger charge is -2.13. The number of thioether (sulfide) groups is 1. The Morgan fingerprint density at radius 3 is 2.73 bits per heavy atom. The minimum absolute atomic E-state index is 0.254. The van der Waals surface area contributed by atoms with Crippen LogP contribution < -0.4 is 0 Å². The minimum Gasteiger partial charge on any atom is -0.268 e. The number of rotatable bonds is 3. The zero-order chi connectivity index (χ0) is 15.5. The topological polar surface area (TPSA) is 50.3 Å². The highest BCUT2D eigenvalue weighted by Gasteiger charge is 2.35. The van der Waals surface area contributed by atoms with Gasteiger partial charge in [0.05, 0.1) is 11.4 Å². The Kier molecular flexibility index (Phi) is 4.40. The van der Waals surface area contributed by atoms with Crippen LogP contribution in [-0.2, 0) is 11.3 Å². The smallest absolute Gasteiger partial charge is 0.268 e. The van der Waals surface area contributed by atoms with Crippen LogP contribution in [0.25, 0.3) is 6.08 Å². The highest BCUT2D eigenvalue weighted by Crippen LogP contribution is 2.33. The van der Waals surface area contributed by atoms with E-state index >= 15 is 0 Å². The Morgan fingerprint density at radius 2 is 2.00 bits per heavy atom. The molecule has 0 bridgehead atoms. The van der Waals surface area contributed by atoms with Crippen LogP contribution in [-0.4, -0.2) is 21.0 Å². The summed E-state index contributed by atoms with van der Waals surface area (Å²) in [6.45, 7) is 0.260. The summed E-state index contributed by atoms with van der Waals surface area (Å²) in [6.07, 6.45) is 5.01. The fraction of sp³-hybridized carbons (Fsp3) is 0.0625. The Balaban J connectivity index is 1.83. The van der Waals surface area contributed by atoms with Gasteiger partial charge in [-0.1, -0.05) is 40.2 Å². The molecule has 0 aliphatic carbocycles. The highest BCUT2D eigenvalue weighted by atomic mass is 79.9. The first-order valence-corrected chi connectivity index (χ1v) is 8.15. The molecule has 4 nitrogen and oxygen atoms in total. The Bertz CT molecular complexity index is 762. The van der Waals surface area contributed by atoms with Crippen molar-refractivity contribution >= 4 is 44.9 Å². The molecule has 1 aromatic heterocycles. The lowest BCUT2D eigenvalue weighted by atomic mass is 10.2. The Hall–Kier alpha value is -1.92. The average molecular weight is 375 g/mol. The van der Waals surface area contributed by atoms with Gasteiger partial charge in [-0.05, 0) is 41.1 Å². The lowest BCUT2D eigenvalue weighted by molar-refractivity contribution is -0.123. The van der Waals surface area contributed by atoms with Crippen molar-refractivity contribution in [1.29, 1.82) is 0 Å². The number of nitrogens with zero attached hydrogens (tertiary/aromatic N) is 2. The molecule has 1 aliphatic rings. The molecule has 1 aliphatic heterocycles. The summed E-state index contributed by atoms with van der Waals surface area (Å²) in [5.74, 6) is -0.269. The second kappa shape index (κ2) is 6.46. The fourth-order valence-electron chi connectivity index (χ4n) is 2.05. The quantitative estimate of drug-likeness (QED) is 0.759. The third-order valence-corrected chi connectivity index (χ3v) is 4.82. The van der Waals surface area contributed by atoms with Gasteiger partial charge in [-0.15, -0.1) is 0 Å². The molecule has 1 aromatic carbocycles. The molecule has 0 atom stereocenters. The maximum absolute atomic E-state index is 12.4. The molecule has 0 saturated carbocycles. The zero-order valence-electron chi connectivity index (χ0n) is 11.4. The van der Waals surface area contributed by atoms with E-state index in [1.54, 1.807) is 24.5 Å². The Labute approximate surface area is 140 Å². The normalized spacial score (nSPS) is 16.6. The highest BCUT2D eigenvalue weighted by molar-refractivity contribution is 9.10.